The van der Waals surface area contributed by atoms with Gasteiger partial charge in [0.1, 0.15) is 5.82 Å². The van der Waals surface area contributed by atoms with Crippen molar-refractivity contribution < 1.29 is 9.18 Å². The van der Waals surface area contributed by atoms with Crippen LogP contribution < -0.4 is 4.80 Å². The zero-order valence-electron chi connectivity index (χ0n) is 15.5. The second-order valence-electron chi connectivity index (χ2n) is 6.18. The van der Waals surface area contributed by atoms with Gasteiger partial charge in [-0.2, -0.15) is 16.8 Å². The second kappa shape index (κ2) is 9.08. The Hall–Kier alpha value is -1.57. The van der Waals surface area contributed by atoms with Gasteiger partial charge in [-0.1, -0.05) is 11.3 Å². The summed E-state index contributed by atoms with van der Waals surface area (Å²) in [5.74, 6) is 0.744. The number of thioether (sulfide) groups is 2. The van der Waals surface area contributed by atoms with E-state index in [2.05, 4.69) is 41.8 Å². The highest BCUT2D eigenvalue weighted by atomic mass is 32.2. The van der Waals surface area contributed by atoms with Crippen LogP contribution >= 0.6 is 34.9 Å². The molecule has 2 aromatic carbocycles. The van der Waals surface area contributed by atoms with E-state index >= 15 is 0 Å². The maximum atomic E-state index is 13.0. The van der Waals surface area contributed by atoms with Crippen LogP contribution in [-0.4, -0.2) is 28.2 Å². The van der Waals surface area contributed by atoms with Crippen molar-refractivity contribution in [1.29, 1.82) is 0 Å². The number of hydrogen-bond donors (Lipinski definition) is 0. The molecule has 0 atom stereocenters. The molecule has 3 aromatic rings. The van der Waals surface area contributed by atoms with Crippen molar-refractivity contribution in [1.82, 2.24) is 4.57 Å². The Morgan fingerprint density at radius 3 is 2.59 bits per heavy atom. The Morgan fingerprint density at radius 2 is 1.89 bits per heavy atom. The van der Waals surface area contributed by atoms with Gasteiger partial charge in [0.15, 0.2) is 4.80 Å². The van der Waals surface area contributed by atoms with E-state index in [1.165, 1.54) is 35.0 Å². The quantitative estimate of drug-likeness (QED) is 0.524. The predicted molar refractivity (Wildman–Crippen MR) is 115 cm³/mol. The van der Waals surface area contributed by atoms with Crippen molar-refractivity contribution in [2.75, 3.05) is 17.8 Å². The molecule has 1 aromatic heterocycles. The van der Waals surface area contributed by atoms with E-state index in [0.29, 0.717) is 0 Å². The first-order valence-corrected chi connectivity index (χ1v) is 11.7. The van der Waals surface area contributed by atoms with Crippen LogP contribution in [0, 0.1) is 19.7 Å². The number of benzene rings is 2. The van der Waals surface area contributed by atoms with E-state index in [1.807, 2.05) is 0 Å². The SMILES string of the molecule is CSCCn1c(=NC(=O)CSc2ccc(F)cc2)sc2cc(C)c(C)cc21. The molecule has 0 radical (unpaired) electrons. The van der Waals surface area contributed by atoms with Crippen LogP contribution in [0.5, 0.6) is 0 Å². The molecule has 3 rings (SSSR count). The summed E-state index contributed by atoms with van der Waals surface area (Å²) in [4.78, 5) is 18.4. The first-order chi connectivity index (χ1) is 13.0. The van der Waals surface area contributed by atoms with E-state index < -0.39 is 0 Å². The van der Waals surface area contributed by atoms with Crippen LogP contribution in [0.2, 0.25) is 0 Å². The summed E-state index contributed by atoms with van der Waals surface area (Å²) in [7, 11) is 0. The molecular formula is C20H21FN2OS3. The largest absolute Gasteiger partial charge is 0.316 e. The van der Waals surface area contributed by atoms with E-state index in [-0.39, 0.29) is 17.5 Å². The Kier molecular flexibility index (Phi) is 6.78. The molecule has 3 nitrogen and oxygen atoms in total. The number of halogens is 1. The minimum Gasteiger partial charge on any atom is -0.316 e. The van der Waals surface area contributed by atoms with Crippen LogP contribution in [0.25, 0.3) is 10.2 Å². The van der Waals surface area contributed by atoms with Crippen LogP contribution in [0.3, 0.4) is 0 Å². The fourth-order valence-corrected chi connectivity index (χ4v) is 4.82. The van der Waals surface area contributed by atoms with Crippen molar-refractivity contribution in [3.8, 4) is 0 Å². The molecule has 1 amide bonds. The van der Waals surface area contributed by atoms with E-state index in [4.69, 9.17) is 0 Å². The first-order valence-electron chi connectivity index (χ1n) is 8.53. The Morgan fingerprint density at radius 1 is 1.19 bits per heavy atom. The molecule has 0 bridgehead atoms. The lowest BCUT2D eigenvalue weighted by molar-refractivity contribution is -0.115. The molecule has 1 heterocycles. The molecule has 0 fully saturated rings. The average Bonchev–Trinajstić information content (AvgIpc) is 2.96. The minimum absolute atomic E-state index is 0.178. The third kappa shape index (κ3) is 5.03. The number of hydrogen-bond acceptors (Lipinski definition) is 4. The van der Waals surface area contributed by atoms with Crippen LogP contribution in [-0.2, 0) is 11.3 Å². The average molecular weight is 421 g/mol. The van der Waals surface area contributed by atoms with Crippen LogP contribution in [0.15, 0.2) is 46.3 Å². The second-order valence-corrected chi connectivity index (χ2v) is 9.22. The zero-order valence-corrected chi connectivity index (χ0v) is 17.9. The van der Waals surface area contributed by atoms with Crippen LogP contribution in [0.1, 0.15) is 11.1 Å². The van der Waals surface area contributed by atoms with Crippen molar-refractivity contribution in [3.63, 3.8) is 0 Å². The summed E-state index contributed by atoms with van der Waals surface area (Å²) in [6.07, 6.45) is 2.08. The monoisotopic (exact) mass is 420 g/mol. The fraction of sp³-hybridized carbons (Fsp3) is 0.300. The van der Waals surface area contributed by atoms with Gasteiger partial charge in [-0.05, 0) is 67.6 Å². The van der Waals surface area contributed by atoms with Gasteiger partial charge < -0.3 is 4.57 Å². The highest BCUT2D eigenvalue weighted by Crippen LogP contribution is 2.23. The van der Waals surface area contributed by atoms with E-state index in [1.54, 1.807) is 35.2 Å². The minimum atomic E-state index is -0.277. The zero-order chi connectivity index (χ0) is 19.4. The lowest BCUT2D eigenvalue weighted by Crippen LogP contribution is -2.18. The number of carbonyl (C=O) groups excluding carboxylic acids is 1. The third-order valence-corrected chi connectivity index (χ3v) is 6.84. The van der Waals surface area contributed by atoms with Crippen LogP contribution in [0.4, 0.5) is 4.39 Å². The molecule has 7 heteroatoms. The fourth-order valence-electron chi connectivity index (χ4n) is 2.62. The summed E-state index contributed by atoms with van der Waals surface area (Å²) in [5, 5.41) is 0. The molecule has 0 aliphatic heterocycles. The summed E-state index contributed by atoms with van der Waals surface area (Å²) in [5.41, 5.74) is 3.61. The van der Waals surface area contributed by atoms with Gasteiger partial charge in [-0.25, -0.2) is 4.39 Å². The maximum absolute atomic E-state index is 13.0. The molecule has 0 N–H and O–H groups in total. The van der Waals surface area contributed by atoms with Gasteiger partial charge in [0.25, 0.3) is 5.91 Å². The lowest BCUT2D eigenvalue weighted by atomic mass is 10.1. The highest BCUT2D eigenvalue weighted by Gasteiger charge is 2.10. The standard InChI is InChI=1S/C20H21FN2OS3/c1-13-10-17-18(11-14(13)2)27-20(23(17)8-9-25-3)22-19(24)12-26-16-6-4-15(21)5-7-16/h4-7,10-11H,8-9,12H2,1-3H3. The van der Waals surface area contributed by atoms with Crippen molar-refractivity contribution in [2.24, 2.45) is 4.99 Å². The molecule has 0 saturated heterocycles. The number of amides is 1. The molecule has 27 heavy (non-hydrogen) atoms. The van der Waals surface area contributed by atoms with E-state index in [0.717, 1.165) is 32.2 Å². The molecular weight excluding hydrogens is 399 g/mol. The van der Waals surface area contributed by atoms with Crippen molar-refractivity contribution in [3.05, 3.63) is 58.1 Å². The summed E-state index contributed by atoms with van der Waals surface area (Å²) in [6, 6.07) is 10.5. The maximum Gasteiger partial charge on any atom is 0.258 e. The van der Waals surface area contributed by atoms with Gasteiger partial charge in [0.2, 0.25) is 0 Å². The van der Waals surface area contributed by atoms with Gasteiger partial charge in [-0.15, -0.1) is 11.8 Å². The molecule has 0 aliphatic carbocycles. The van der Waals surface area contributed by atoms with E-state index in [9.17, 15) is 9.18 Å². The number of aryl methyl sites for hydroxylation is 3. The molecule has 0 spiro atoms. The van der Waals surface area contributed by atoms with Crippen molar-refractivity contribution in [2.45, 2.75) is 25.3 Å². The number of carbonyl (C=O) groups is 1. The number of rotatable bonds is 6. The molecule has 0 unspecified atom stereocenters. The summed E-state index contributed by atoms with van der Waals surface area (Å²) >= 11 is 4.70. The topological polar surface area (TPSA) is 34.4 Å². The molecule has 142 valence electrons. The predicted octanol–water partition coefficient (Wildman–Crippen LogP) is 5.04. The molecule has 0 aliphatic rings. The third-order valence-electron chi connectivity index (χ3n) is 4.21. The lowest BCUT2D eigenvalue weighted by Gasteiger charge is -2.06. The van der Waals surface area contributed by atoms with Crippen molar-refractivity contribution >= 4 is 51.0 Å². The summed E-state index contributed by atoms with van der Waals surface area (Å²) < 4.78 is 16.3. The number of aromatic nitrogens is 1. The smallest absolute Gasteiger partial charge is 0.258 e. The number of fused-ring (bicyclic) bond motifs is 1. The Labute approximate surface area is 170 Å². The van der Waals surface area contributed by atoms with Gasteiger partial charge in [-0.3, -0.25) is 4.79 Å². The Balaban J connectivity index is 1.88. The Bertz CT molecular complexity index is 1020. The number of nitrogens with zero attached hydrogens (tertiary/aromatic N) is 2. The first kappa shape index (κ1) is 20.2. The summed E-state index contributed by atoms with van der Waals surface area (Å²) in [6.45, 7) is 5.02. The van der Waals surface area contributed by atoms with Gasteiger partial charge in [0.05, 0.1) is 16.0 Å². The van der Waals surface area contributed by atoms with Gasteiger partial charge in [0, 0.05) is 17.2 Å². The molecule has 0 saturated carbocycles. The number of thiazole rings is 1. The highest BCUT2D eigenvalue weighted by molar-refractivity contribution is 8.00. The normalized spacial score (nSPS) is 12.1. The van der Waals surface area contributed by atoms with Gasteiger partial charge >= 0.3 is 0 Å².